The Kier molecular flexibility index (Phi) is 3.67. The van der Waals surface area contributed by atoms with Crippen molar-refractivity contribution < 1.29 is 13.5 Å². The Hall–Kier alpha value is -1.11. The van der Waals surface area contributed by atoms with Gasteiger partial charge in [-0.25, -0.2) is 13.1 Å². The van der Waals surface area contributed by atoms with Gasteiger partial charge < -0.3 is 10.8 Å². The summed E-state index contributed by atoms with van der Waals surface area (Å²) in [6.07, 6.45) is 0. The number of benzene rings is 1. The maximum Gasteiger partial charge on any atom is 0.240 e. The van der Waals surface area contributed by atoms with Crippen molar-refractivity contribution in [1.82, 2.24) is 4.72 Å². The van der Waals surface area contributed by atoms with Crippen LogP contribution in [0.15, 0.2) is 29.2 Å². The van der Waals surface area contributed by atoms with Gasteiger partial charge in [-0.05, 0) is 31.2 Å². The molecule has 0 amide bonds. The molecule has 15 heavy (non-hydrogen) atoms. The number of rotatable bonds is 4. The number of nitrogens with one attached hydrogen (secondary N) is 1. The van der Waals surface area contributed by atoms with Gasteiger partial charge in [-0.3, -0.25) is 0 Å². The van der Waals surface area contributed by atoms with Gasteiger partial charge in [0.15, 0.2) is 0 Å². The number of aliphatic hydroxyl groups is 1. The summed E-state index contributed by atoms with van der Waals surface area (Å²) in [6, 6.07) is 5.35. The molecule has 0 fully saturated rings. The fraction of sp³-hybridized carbons (Fsp3) is 0.333. The molecular formula is C9H14N2O3S. The lowest BCUT2D eigenvalue weighted by molar-refractivity contribution is 0.265. The van der Waals surface area contributed by atoms with Gasteiger partial charge >= 0.3 is 0 Å². The molecule has 1 atom stereocenters. The maximum atomic E-state index is 11.6. The molecule has 0 bridgehead atoms. The lowest BCUT2D eigenvalue weighted by Gasteiger charge is -2.11. The minimum absolute atomic E-state index is 0.136. The molecular weight excluding hydrogens is 216 g/mol. The molecule has 0 saturated heterocycles. The quantitative estimate of drug-likeness (QED) is 0.631. The molecule has 1 unspecified atom stereocenters. The van der Waals surface area contributed by atoms with Crippen LogP contribution in [0.2, 0.25) is 0 Å². The molecule has 1 rings (SSSR count). The predicted molar refractivity (Wildman–Crippen MR) is 57.7 cm³/mol. The number of hydrogen-bond donors (Lipinski definition) is 3. The van der Waals surface area contributed by atoms with Gasteiger partial charge in [-0.1, -0.05) is 0 Å². The van der Waals surface area contributed by atoms with Gasteiger partial charge in [0.1, 0.15) is 0 Å². The Morgan fingerprint density at radius 1 is 1.40 bits per heavy atom. The van der Waals surface area contributed by atoms with E-state index in [1.165, 1.54) is 24.3 Å². The lowest BCUT2D eigenvalue weighted by Crippen LogP contribution is -2.34. The Balaban J connectivity index is 2.91. The summed E-state index contributed by atoms with van der Waals surface area (Å²) >= 11 is 0. The zero-order valence-electron chi connectivity index (χ0n) is 8.34. The standard InChI is InChI=1S/C9H14N2O3S/c1-7(6-12)11-15(13,14)9-4-2-8(10)3-5-9/h2-5,7,11-12H,6,10H2,1H3. The number of hydrogen-bond acceptors (Lipinski definition) is 4. The van der Waals surface area contributed by atoms with Crippen LogP contribution < -0.4 is 10.5 Å². The third-order valence-corrected chi connectivity index (χ3v) is 3.43. The number of sulfonamides is 1. The van der Waals surface area contributed by atoms with Crippen molar-refractivity contribution in [2.24, 2.45) is 0 Å². The fourth-order valence-corrected chi connectivity index (χ4v) is 2.25. The number of nitrogen functional groups attached to an aromatic ring is 1. The summed E-state index contributed by atoms with van der Waals surface area (Å²) < 4.78 is 25.6. The predicted octanol–water partition coefficient (Wildman–Crippen LogP) is -0.0721. The first-order chi connectivity index (χ1) is 6.95. The highest BCUT2D eigenvalue weighted by atomic mass is 32.2. The summed E-state index contributed by atoms with van der Waals surface area (Å²) in [4.78, 5) is 0.136. The molecule has 0 aliphatic carbocycles. The first-order valence-electron chi connectivity index (χ1n) is 4.44. The van der Waals surface area contributed by atoms with Crippen LogP contribution in [0.3, 0.4) is 0 Å². The topological polar surface area (TPSA) is 92.4 Å². The SMILES string of the molecule is CC(CO)NS(=O)(=O)c1ccc(N)cc1. The Morgan fingerprint density at radius 2 is 1.93 bits per heavy atom. The van der Waals surface area contributed by atoms with Crippen molar-refractivity contribution in [3.05, 3.63) is 24.3 Å². The second-order valence-electron chi connectivity index (χ2n) is 3.27. The van der Waals surface area contributed by atoms with Crippen molar-refractivity contribution in [1.29, 1.82) is 0 Å². The fourth-order valence-electron chi connectivity index (χ4n) is 1.02. The molecule has 0 aliphatic rings. The van der Waals surface area contributed by atoms with E-state index in [9.17, 15) is 8.42 Å². The normalized spacial score (nSPS) is 13.7. The summed E-state index contributed by atoms with van der Waals surface area (Å²) in [5.74, 6) is 0. The average Bonchev–Trinajstić information content (AvgIpc) is 2.17. The van der Waals surface area contributed by atoms with Crippen LogP contribution in [0.5, 0.6) is 0 Å². The highest BCUT2D eigenvalue weighted by Crippen LogP contribution is 2.11. The number of anilines is 1. The summed E-state index contributed by atoms with van der Waals surface area (Å²) in [7, 11) is -3.55. The first-order valence-corrected chi connectivity index (χ1v) is 5.93. The second kappa shape index (κ2) is 4.61. The molecule has 6 heteroatoms. The van der Waals surface area contributed by atoms with Crippen LogP contribution in [0.25, 0.3) is 0 Å². The third-order valence-electron chi connectivity index (χ3n) is 1.82. The molecule has 1 aromatic rings. The van der Waals surface area contributed by atoms with Gasteiger partial charge in [0.25, 0.3) is 0 Å². The third kappa shape index (κ3) is 3.19. The molecule has 0 radical (unpaired) electrons. The van der Waals surface area contributed by atoms with E-state index in [-0.39, 0.29) is 11.5 Å². The maximum absolute atomic E-state index is 11.6. The number of nitrogens with two attached hydrogens (primary N) is 1. The van der Waals surface area contributed by atoms with Gasteiger partial charge in [-0.2, -0.15) is 0 Å². The minimum Gasteiger partial charge on any atom is -0.399 e. The van der Waals surface area contributed by atoms with E-state index in [0.29, 0.717) is 5.69 Å². The van der Waals surface area contributed by atoms with Gasteiger partial charge in [0.05, 0.1) is 11.5 Å². The van der Waals surface area contributed by atoms with Gasteiger partial charge in [-0.15, -0.1) is 0 Å². The Morgan fingerprint density at radius 3 is 2.40 bits per heavy atom. The van der Waals surface area contributed by atoms with Gasteiger partial charge in [0, 0.05) is 11.7 Å². The second-order valence-corrected chi connectivity index (χ2v) is 4.99. The van der Waals surface area contributed by atoms with E-state index in [1.54, 1.807) is 6.92 Å². The van der Waals surface area contributed by atoms with Crippen LogP contribution in [-0.2, 0) is 10.0 Å². The number of aliphatic hydroxyl groups excluding tert-OH is 1. The molecule has 4 N–H and O–H groups in total. The molecule has 0 saturated carbocycles. The van der Waals surface area contributed by atoms with Gasteiger partial charge in [0.2, 0.25) is 10.0 Å². The molecule has 1 aromatic carbocycles. The van der Waals surface area contributed by atoms with E-state index in [4.69, 9.17) is 10.8 Å². The summed E-state index contributed by atoms with van der Waals surface area (Å²) in [6.45, 7) is 1.34. The monoisotopic (exact) mass is 230 g/mol. The Bertz CT molecular complexity index is 413. The van der Waals surface area contributed by atoms with Crippen LogP contribution in [0.1, 0.15) is 6.92 Å². The minimum atomic E-state index is -3.55. The van der Waals surface area contributed by atoms with E-state index in [0.717, 1.165) is 0 Å². The molecule has 0 aromatic heterocycles. The van der Waals surface area contributed by atoms with Crippen LogP contribution in [-0.4, -0.2) is 26.2 Å². The zero-order valence-corrected chi connectivity index (χ0v) is 9.16. The van der Waals surface area contributed by atoms with E-state index in [1.807, 2.05) is 0 Å². The molecule has 5 nitrogen and oxygen atoms in total. The van der Waals surface area contributed by atoms with E-state index >= 15 is 0 Å². The van der Waals surface area contributed by atoms with Crippen molar-refractivity contribution >= 4 is 15.7 Å². The van der Waals surface area contributed by atoms with E-state index < -0.39 is 16.1 Å². The highest BCUT2D eigenvalue weighted by molar-refractivity contribution is 7.89. The van der Waals surface area contributed by atoms with Crippen LogP contribution >= 0.6 is 0 Å². The Labute approximate surface area is 89.0 Å². The molecule has 0 aliphatic heterocycles. The van der Waals surface area contributed by atoms with E-state index in [2.05, 4.69) is 4.72 Å². The van der Waals surface area contributed by atoms with Crippen LogP contribution in [0.4, 0.5) is 5.69 Å². The van der Waals surface area contributed by atoms with Crippen molar-refractivity contribution in [2.45, 2.75) is 17.9 Å². The van der Waals surface area contributed by atoms with Crippen molar-refractivity contribution in [3.63, 3.8) is 0 Å². The molecule has 0 spiro atoms. The summed E-state index contributed by atoms with van der Waals surface area (Å²) in [5, 5.41) is 8.74. The van der Waals surface area contributed by atoms with Crippen LogP contribution in [0, 0.1) is 0 Å². The molecule has 0 heterocycles. The molecule has 84 valence electrons. The highest BCUT2D eigenvalue weighted by Gasteiger charge is 2.16. The largest absolute Gasteiger partial charge is 0.399 e. The zero-order chi connectivity index (χ0) is 11.5. The first kappa shape index (κ1) is 12.0. The average molecular weight is 230 g/mol. The summed E-state index contributed by atoms with van der Waals surface area (Å²) in [5.41, 5.74) is 5.95. The van der Waals surface area contributed by atoms with Crippen molar-refractivity contribution in [3.8, 4) is 0 Å². The smallest absolute Gasteiger partial charge is 0.240 e. The van der Waals surface area contributed by atoms with Crippen molar-refractivity contribution in [2.75, 3.05) is 12.3 Å². The lowest BCUT2D eigenvalue weighted by atomic mass is 10.3.